The molecule has 2 heterocycles. The summed E-state index contributed by atoms with van der Waals surface area (Å²) in [7, 11) is 0. The Kier molecular flexibility index (Phi) is 6.33. The van der Waals surface area contributed by atoms with Crippen molar-refractivity contribution in [3.05, 3.63) is 72.6 Å². The number of pyridine rings is 1. The van der Waals surface area contributed by atoms with Crippen LogP contribution in [-0.4, -0.2) is 40.8 Å². The third kappa shape index (κ3) is 5.49. The Morgan fingerprint density at radius 3 is 2.52 bits per heavy atom. The van der Waals surface area contributed by atoms with E-state index in [1.807, 2.05) is 24.4 Å². The van der Waals surface area contributed by atoms with E-state index in [9.17, 15) is 9.59 Å². The van der Waals surface area contributed by atoms with Crippen LogP contribution >= 0.6 is 0 Å². The summed E-state index contributed by atoms with van der Waals surface area (Å²) in [6, 6.07) is 13.0. The van der Waals surface area contributed by atoms with Gasteiger partial charge in [0.2, 0.25) is 5.91 Å². The predicted octanol–water partition coefficient (Wildman–Crippen LogP) is 2.60. The number of carbonyl (C=O) groups is 2. The molecule has 0 saturated carbocycles. The first-order valence-electron chi connectivity index (χ1n) is 9.10. The van der Waals surface area contributed by atoms with Gasteiger partial charge in [-0.15, -0.1) is 0 Å². The molecule has 140 valence electrons. The Morgan fingerprint density at radius 1 is 1.15 bits per heavy atom. The predicted molar refractivity (Wildman–Crippen MR) is 105 cm³/mol. The number of amides is 2. The highest BCUT2D eigenvalue weighted by molar-refractivity contribution is 5.99. The van der Waals surface area contributed by atoms with E-state index in [1.165, 1.54) is 6.08 Å². The fraction of sp³-hybridized carbons (Fsp3) is 0.286. The lowest BCUT2D eigenvalue weighted by Gasteiger charge is -2.32. The van der Waals surface area contributed by atoms with Crippen molar-refractivity contribution in [1.29, 1.82) is 0 Å². The van der Waals surface area contributed by atoms with Crippen LogP contribution in [0.15, 0.2) is 61.3 Å². The number of hydrogen-bond acceptors (Lipinski definition) is 4. The molecule has 2 aromatic rings. The molecule has 2 amide bonds. The van der Waals surface area contributed by atoms with Crippen LogP contribution < -0.4 is 10.6 Å². The van der Waals surface area contributed by atoms with Crippen molar-refractivity contribution in [1.82, 2.24) is 15.2 Å². The van der Waals surface area contributed by atoms with Crippen molar-refractivity contribution < 1.29 is 9.59 Å². The van der Waals surface area contributed by atoms with Gasteiger partial charge >= 0.3 is 0 Å². The first-order valence-corrected chi connectivity index (χ1v) is 9.10. The number of rotatable bonds is 6. The van der Waals surface area contributed by atoms with Gasteiger partial charge in [0.25, 0.3) is 5.91 Å². The number of hydrogen-bond donors (Lipinski definition) is 2. The maximum Gasteiger partial charge on any atom is 0.251 e. The number of nitrogens with one attached hydrogen (secondary N) is 2. The Labute approximate surface area is 159 Å². The van der Waals surface area contributed by atoms with Gasteiger partial charge < -0.3 is 10.6 Å². The third-order valence-corrected chi connectivity index (χ3v) is 4.63. The van der Waals surface area contributed by atoms with E-state index in [2.05, 4.69) is 27.1 Å². The second-order valence-corrected chi connectivity index (χ2v) is 6.62. The molecule has 1 saturated heterocycles. The summed E-state index contributed by atoms with van der Waals surface area (Å²) in [5.41, 5.74) is 2.30. The van der Waals surface area contributed by atoms with Gasteiger partial charge in [-0.05, 0) is 55.3 Å². The third-order valence-electron chi connectivity index (χ3n) is 4.63. The van der Waals surface area contributed by atoms with Crippen molar-refractivity contribution in [2.75, 3.05) is 18.4 Å². The topological polar surface area (TPSA) is 74.3 Å². The minimum atomic E-state index is -0.273. The lowest BCUT2D eigenvalue weighted by atomic mass is 10.0. The maximum absolute atomic E-state index is 12.4. The quantitative estimate of drug-likeness (QED) is 0.773. The number of benzene rings is 1. The number of likely N-dealkylation sites (tertiary alicyclic amines) is 1. The van der Waals surface area contributed by atoms with E-state index < -0.39 is 0 Å². The van der Waals surface area contributed by atoms with Crippen LogP contribution in [0.2, 0.25) is 0 Å². The minimum absolute atomic E-state index is 0.0835. The zero-order chi connectivity index (χ0) is 19.1. The van der Waals surface area contributed by atoms with Crippen molar-refractivity contribution in [3.8, 4) is 0 Å². The van der Waals surface area contributed by atoms with Crippen LogP contribution in [0.1, 0.15) is 28.9 Å². The molecule has 0 spiro atoms. The largest absolute Gasteiger partial charge is 0.349 e. The van der Waals surface area contributed by atoms with Gasteiger partial charge in [0.15, 0.2) is 0 Å². The Bertz CT molecular complexity index is 782. The van der Waals surface area contributed by atoms with Crippen LogP contribution in [0.3, 0.4) is 0 Å². The summed E-state index contributed by atoms with van der Waals surface area (Å²) in [5.74, 6) is -0.357. The van der Waals surface area contributed by atoms with E-state index in [0.29, 0.717) is 11.3 Å². The number of nitrogens with zero attached hydrogens (tertiary/aromatic N) is 2. The molecule has 0 unspecified atom stereocenters. The van der Waals surface area contributed by atoms with Crippen LogP contribution in [0.25, 0.3) is 0 Å². The van der Waals surface area contributed by atoms with E-state index in [-0.39, 0.29) is 17.9 Å². The molecule has 0 radical (unpaired) electrons. The van der Waals surface area contributed by atoms with Gasteiger partial charge in [-0.1, -0.05) is 12.6 Å². The van der Waals surface area contributed by atoms with E-state index in [0.717, 1.165) is 38.2 Å². The summed E-state index contributed by atoms with van der Waals surface area (Å²) < 4.78 is 0. The van der Waals surface area contributed by atoms with Gasteiger partial charge in [0, 0.05) is 43.1 Å². The number of anilines is 1. The molecule has 1 aromatic carbocycles. The molecule has 27 heavy (non-hydrogen) atoms. The molecule has 1 fully saturated rings. The molecule has 0 aliphatic carbocycles. The Balaban J connectivity index is 1.46. The second-order valence-electron chi connectivity index (χ2n) is 6.62. The molecular weight excluding hydrogens is 340 g/mol. The lowest BCUT2D eigenvalue weighted by Crippen LogP contribution is -2.44. The SMILES string of the molecule is C=CC(=O)Nc1ccc(C(=O)NC2CCN(Cc3ccccn3)CC2)cc1. The van der Waals surface area contributed by atoms with E-state index >= 15 is 0 Å². The fourth-order valence-corrected chi connectivity index (χ4v) is 3.12. The molecule has 6 heteroatoms. The smallest absolute Gasteiger partial charge is 0.251 e. The molecule has 0 bridgehead atoms. The first kappa shape index (κ1) is 18.8. The van der Waals surface area contributed by atoms with E-state index in [1.54, 1.807) is 24.3 Å². The van der Waals surface area contributed by atoms with Crippen LogP contribution in [-0.2, 0) is 11.3 Å². The zero-order valence-electron chi connectivity index (χ0n) is 15.2. The Morgan fingerprint density at radius 2 is 1.89 bits per heavy atom. The average Bonchev–Trinajstić information content (AvgIpc) is 2.70. The van der Waals surface area contributed by atoms with Gasteiger partial charge in [0.05, 0.1) is 5.69 Å². The number of aromatic nitrogens is 1. The first-order chi connectivity index (χ1) is 13.1. The van der Waals surface area contributed by atoms with Crippen molar-refractivity contribution in [2.24, 2.45) is 0 Å². The summed E-state index contributed by atoms with van der Waals surface area (Å²) in [6.07, 6.45) is 4.87. The average molecular weight is 364 g/mol. The maximum atomic E-state index is 12.4. The van der Waals surface area contributed by atoms with Gasteiger partial charge in [-0.2, -0.15) is 0 Å². The molecule has 0 atom stereocenters. The summed E-state index contributed by atoms with van der Waals surface area (Å²) in [4.78, 5) is 30.5. The van der Waals surface area contributed by atoms with Crippen molar-refractivity contribution >= 4 is 17.5 Å². The van der Waals surface area contributed by atoms with Crippen molar-refractivity contribution in [3.63, 3.8) is 0 Å². The highest BCUT2D eigenvalue weighted by Gasteiger charge is 2.21. The summed E-state index contributed by atoms with van der Waals surface area (Å²) >= 11 is 0. The second kappa shape index (κ2) is 9.09. The molecule has 1 aromatic heterocycles. The summed E-state index contributed by atoms with van der Waals surface area (Å²) in [5, 5.41) is 5.77. The highest BCUT2D eigenvalue weighted by atomic mass is 16.2. The van der Waals surface area contributed by atoms with Crippen LogP contribution in [0, 0.1) is 0 Å². The van der Waals surface area contributed by atoms with Crippen LogP contribution in [0.5, 0.6) is 0 Å². The highest BCUT2D eigenvalue weighted by Crippen LogP contribution is 2.15. The van der Waals surface area contributed by atoms with Crippen molar-refractivity contribution in [2.45, 2.75) is 25.4 Å². The number of piperidine rings is 1. The number of carbonyl (C=O) groups excluding carboxylic acids is 2. The summed E-state index contributed by atoms with van der Waals surface area (Å²) in [6.45, 7) is 6.14. The zero-order valence-corrected chi connectivity index (χ0v) is 15.2. The molecule has 2 N–H and O–H groups in total. The monoisotopic (exact) mass is 364 g/mol. The van der Waals surface area contributed by atoms with Gasteiger partial charge in [0.1, 0.15) is 0 Å². The Hall–Kier alpha value is -2.99. The van der Waals surface area contributed by atoms with Gasteiger partial charge in [-0.3, -0.25) is 19.5 Å². The fourth-order valence-electron chi connectivity index (χ4n) is 3.12. The lowest BCUT2D eigenvalue weighted by molar-refractivity contribution is -0.111. The molecule has 1 aliphatic heterocycles. The van der Waals surface area contributed by atoms with Gasteiger partial charge in [-0.25, -0.2) is 0 Å². The normalized spacial score (nSPS) is 15.1. The van der Waals surface area contributed by atoms with E-state index in [4.69, 9.17) is 0 Å². The molecule has 3 rings (SSSR count). The van der Waals surface area contributed by atoms with Crippen LogP contribution in [0.4, 0.5) is 5.69 Å². The molecular formula is C21H24N4O2. The minimum Gasteiger partial charge on any atom is -0.349 e. The molecule has 1 aliphatic rings. The standard InChI is InChI=1S/C21H24N4O2/c1-2-20(26)23-17-8-6-16(7-9-17)21(27)24-18-10-13-25(14-11-18)15-19-5-3-4-12-22-19/h2-9,12,18H,1,10-11,13-15H2,(H,23,26)(H,24,27). The molecule has 6 nitrogen and oxygen atoms in total.